The van der Waals surface area contributed by atoms with Crippen LogP contribution in [0.15, 0.2) is 36.4 Å². The van der Waals surface area contributed by atoms with Gasteiger partial charge in [0.2, 0.25) is 0 Å². The van der Waals surface area contributed by atoms with Crippen molar-refractivity contribution in [1.82, 2.24) is 0 Å². The molecule has 0 aromatic heterocycles. The molecule has 0 heterocycles. The highest BCUT2D eigenvalue weighted by Gasteiger charge is 2.13. The lowest BCUT2D eigenvalue weighted by atomic mass is 10.0. The first-order valence-electron chi connectivity index (χ1n) is 8.82. The average Bonchev–Trinajstić information content (AvgIpc) is 2.64. The Morgan fingerprint density at radius 3 is 2.50 bits per heavy atom. The molecular weight excluding hydrogens is 382 g/mol. The van der Waals surface area contributed by atoms with Crippen molar-refractivity contribution in [3.63, 3.8) is 0 Å². The predicted molar refractivity (Wildman–Crippen MR) is 108 cm³/mol. The van der Waals surface area contributed by atoms with E-state index in [2.05, 4.69) is 5.32 Å². The molecule has 0 aliphatic rings. The van der Waals surface area contributed by atoms with Crippen LogP contribution in [0.25, 0.3) is 0 Å². The van der Waals surface area contributed by atoms with Crippen molar-refractivity contribution in [3.05, 3.63) is 52.5 Å². The van der Waals surface area contributed by atoms with Crippen molar-refractivity contribution >= 4 is 29.2 Å². The Hall–Kier alpha value is -2.73. The van der Waals surface area contributed by atoms with Gasteiger partial charge in [0, 0.05) is 5.02 Å². The standard InChI is InChI=1S/C21H24ClNO5/c1-13(2)16-7-5-14(3)9-19(16)27-12-21(25)28-11-20(24)23-17-10-15(22)6-8-18(17)26-4/h5-10,13H,11-12H2,1-4H3,(H,23,24). The smallest absolute Gasteiger partial charge is 0.344 e. The molecule has 7 heteroatoms. The van der Waals surface area contributed by atoms with Crippen LogP contribution in [0.3, 0.4) is 0 Å². The second-order valence-electron chi connectivity index (χ2n) is 6.54. The molecule has 150 valence electrons. The van der Waals surface area contributed by atoms with Gasteiger partial charge in [0.25, 0.3) is 5.91 Å². The quantitative estimate of drug-likeness (QED) is 0.661. The van der Waals surface area contributed by atoms with E-state index in [-0.39, 0.29) is 12.5 Å². The Labute approximate surface area is 169 Å². The topological polar surface area (TPSA) is 73.9 Å². The van der Waals surface area contributed by atoms with Gasteiger partial charge in [-0.1, -0.05) is 37.6 Å². The molecule has 0 bridgehead atoms. The molecule has 0 fully saturated rings. The predicted octanol–water partition coefficient (Wildman–Crippen LogP) is 4.34. The van der Waals surface area contributed by atoms with Gasteiger partial charge in [-0.2, -0.15) is 0 Å². The van der Waals surface area contributed by atoms with Gasteiger partial charge in [-0.3, -0.25) is 4.79 Å². The molecule has 0 atom stereocenters. The van der Waals surface area contributed by atoms with Crippen molar-refractivity contribution in [2.75, 3.05) is 25.6 Å². The molecule has 0 saturated heterocycles. The first-order valence-corrected chi connectivity index (χ1v) is 9.20. The zero-order chi connectivity index (χ0) is 20.7. The number of hydrogen-bond donors (Lipinski definition) is 1. The minimum absolute atomic E-state index is 0.255. The van der Waals surface area contributed by atoms with Crippen molar-refractivity contribution in [3.8, 4) is 11.5 Å². The van der Waals surface area contributed by atoms with Crippen LogP contribution in [0.2, 0.25) is 5.02 Å². The third-order valence-corrected chi connectivity index (χ3v) is 4.17. The molecule has 1 N–H and O–H groups in total. The second kappa shape index (κ2) is 9.99. The molecule has 2 aromatic rings. The number of amides is 1. The molecule has 2 rings (SSSR count). The number of hydrogen-bond acceptors (Lipinski definition) is 5. The van der Waals surface area contributed by atoms with E-state index in [1.54, 1.807) is 18.2 Å². The first-order chi connectivity index (χ1) is 13.3. The van der Waals surface area contributed by atoms with E-state index in [9.17, 15) is 9.59 Å². The van der Waals surface area contributed by atoms with E-state index in [0.29, 0.717) is 22.2 Å². The summed E-state index contributed by atoms with van der Waals surface area (Å²) in [6.45, 7) is 5.32. The normalized spacial score (nSPS) is 10.5. The van der Waals surface area contributed by atoms with E-state index in [0.717, 1.165) is 11.1 Å². The van der Waals surface area contributed by atoms with Crippen LogP contribution in [0, 0.1) is 6.92 Å². The van der Waals surface area contributed by atoms with Crippen molar-refractivity contribution < 1.29 is 23.8 Å². The van der Waals surface area contributed by atoms with Gasteiger partial charge < -0.3 is 19.5 Å². The number of anilines is 1. The minimum atomic E-state index is -0.635. The summed E-state index contributed by atoms with van der Waals surface area (Å²) in [4.78, 5) is 24.0. The monoisotopic (exact) mass is 405 g/mol. The van der Waals surface area contributed by atoms with Gasteiger partial charge in [-0.25, -0.2) is 4.79 Å². The van der Waals surface area contributed by atoms with Crippen LogP contribution in [0.1, 0.15) is 30.9 Å². The maximum absolute atomic E-state index is 12.0. The number of carbonyl (C=O) groups is 2. The number of carbonyl (C=O) groups excluding carboxylic acids is 2. The van der Waals surface area contributed by atoms with Crippen molar-refractivity contribution in [2.24, 2.45) is 0 Å². The molecule has 2 aromatic carbocycles. The largest absolute Gasteiger partial charge is 0.495 e. The lowest BCUT2D eigenvalue weighted by Crippen LogP contribution is -2.24. The summed E-state index contributed by atoms with van der Waals surface area (Å²) in [7, 11) is 1.48. The van der Waals surface area contributed by atoms with E-state index < -0.39 is 18.5 Å². The van der Waals surface area contributed by atoms with Gasteiger partial charge in [-0.05, 0) is 48.2 Å². The molecule has 0 aliphatic carbocycles. The summed E-state index contributed by atoms with van der Waals surface area (Å²) < 4.78 is 15.7. The summed E-state index contributed by atoms with van der Waals surface area (Å²) in [5, 5.41) is 3.04. The number of aryl methyl sites for hydroxylation is 1. The zero-order valence-electron chi connectivity index (χ0n) is 16.4. The fourth-order valence-electron chi connectivity index (χ4n) is 2.53. The van der Waals surface area contributed by atoms with Crippen LogP contribution in [0.4, 0.5) is 5.69 Å². The van der Waals surface area contributed by atoms with Crippen LogP contribution in [0.5, 0.6) is 11.5 Å². The zero-order valence-corrected chi connectivity index (χ0v) is 17.1. The van der Waals surface area contributed by atoms with Gasteiger partial charge in [-0.15, -0.1) is 0 Å². The lowest BCUT2D eigenvalue weighted by molar-refractivity contribution is -0.149. The average molecular weight is 406 g/mol. The van der Waals surface area contributed by atoms with Crippen LogP contribution in [-0.2, 0) is 14.3 Å². The van der Waals surface area contributed by atoms with Gasteiger partial charge in [0.15, 0.2) is 13.2 Å². The second-order valence-corrected chi connectivity index (χ2v) is 6.97. The molecule has 0 aliphatic heterocycles. The Balaban J connectivity index is 1.87. The Morgan fingerprint density at radius 1 is 1.07 bits per heavy atom. The molecule has 0 spiro atoms. The van der Waals surface area contributed by atoms with Crippen LogP contribution < -0.4 is 14.8 Å². The molecule has 28 heavy (non-hydrogen) atoms. The molecule has 1 amide bonds. The third kappa shape index (κ3) is 6.16. The van der Waals surface area contributed by atoms with E-state index in [4.69, 9.17) is 25.8 Å². The van der Waals surface area contributed by atoms with Crippen LogP contribution in [-0.4, -0.2) is 32.2 Å². The van der Waals surface area contributed by atoms with Gasteiger partial charge >= 0.3 is 5.97 Å². The summed E-state index contributed by atoms with van der Waals surface area (Å²) >= 11 is 5.92. The molecule has 6 nitrogen and oxygen atoms in total. The number of nitrogens with one attached hydrogen (secondary N) is 1. The molecule has 0 radical (unpaired) electrons. The Morgan fingerprint density at radius 2 is 1.82 bits per heavy atom. The van der Waals surface area contributed by atoms with E-state index >= 15 is 0 Å². The first kappa shape index (κ1) is 21.6. The van der Waals surface area contributed by atoms with E-state index in [1.165, 1.54) is 7.11 Å². The molecule has 0 saturated carbocycles. The summed E-state index contributed by atoms with van der Waals surface area (Å²) in [6.07, 6.45) is 0. The summed E-state index contributed by atoms with van der Waals surface area (Å²) in [5.41, 5.74) is 2.43. The maximum atomic E-state index is 12.0. The number of rotatable bonds is 8. The fraction of sp³-hybridized carbons (Fsp3) is 0.333. The van der Waals surface area contributed by atoms with Gasteiger partial charge in [0.05, 0.1) is 12.8 Å². The number of ether oxygens (including phenoxy) is 3. The van der Waals surface area contributed by atoms with Crippen molar-refractivity contribution in [1.29, 1.82) is 0 Å². The molecular formula is C21H24ClNO5. The Kier molecular flexibility index (Phi) is 7.70. The van der Waals surface area contributed by atoms with Gasteiger partial charge in [0.1, 0.15) is 11.5 Å². The van der Waals surface area contributed by atoms with Crippen molar-refractivity contribution in [2.45, 2.75) is 26.7 Å². The SMILES string of the molecule is COc1ccc(Cl)cc1NC(=O)COC(=O)COc1cc(C)ccc1C(C)C. The molecule has 0 unspecified atom stereocenters. The summed E-state index contributed by atoms with van der Waals surface area (Å²) in [6, 6.07) is 10.7. The maximum Gasteiger partial charge on any atom is 0.344 e. The number of esters is 1. The van der Waals surface area contributed by atoms with Crippen LogP contribution >= 0.6 is 11.6 Å². The highest BCUT2D eigenvalue weighted by atomic mass is 35.5. The van der Waals surface area contributed by atoms with E-state index in [1.807, 2.05) is 39.0 Å². The lowest BCUT2D eigenvalue weighted by Gasteiger charge is -2.14. The minimum Gasteiger partial charge on any atom is -0.495 e. The number of benzene rings is 2. The highest BCUT2D eigenvalue weighted by Crippen LogP contribution is 2.28. The summed E-state index contributed by atoms with van der Waals surface area (Å²) in [5.74, 6) is 0.204. The number of halogens is 1. The third-order valence-electron chi connectivity index (χ3n) is 3.94. The highest BCUT2D eigenvalue weighted by molar-refractivity contribution is 6.31. The fourth-order valence-corrected chi connectivity index (χ4v) is 2.70. The Bertz CT molecular complexity index is 851. The number of methoxy groups -OCH3 is 1.